The Hall–Kier alpha value is -3.23. The smallest absolute Gasteiger partial charge is 0.233 e. The van der Waals surface area contributed by atoms with E-state index in [1.165, 1.54) is 28.1 Å². The molecule has 2 aromatic carbocycles. The number of aromatic nitrogens is 4. The molecule has 1 fully saturated rings. The van der Waals surface area contributed by atoms with Crippen LogP contribution in [0.4, 0.5) is 0 Å². The van der Waals surface area contributed by atoms with Crippen molar-refractivity contribution in [3.05, 3.63) is 77.6 Å². The standard InChI is InChI=1S/C26H28N6OS/c1-19-16-20(2)32(29-19)24-10-11-25(28-27-24)34-18-26(33)31-14-12-30(13-15-31)17-22-8-5-7-21-6-3-4-9-23(21)22/h3-11,16H,12-15,17-18H2,1-2H3. The maximum absolute atomic E-state index is 12.8. The Kier molecular flexibility index (Phi) is 6.60. The minimum atomic E-state index is 0.152. The van der Waals surface area contributed by atoms with Crippen LogP contribution >= 0.6 is 11.8 Å². The third-order valence-corrected chi connectivity index (χ3v) is 7.10. The fourth-order valence-corrected chi connectivity index (χ4v) is 5.13. The van der Waals surface area contributed by atoms with Gasteiger partial charge in [0.05, 0.1) is 11.4 Å². The molecule has 1 amide bonds. The van der Waals surface area contributed by atoms with Gasteiger partial charge in [-0.15, -0.1) is 10.2 Å². The lowest BCUT2D eigenvalue weighted by Gasteiger charge is -2.35. The average molecular weight is 473 g/mol. The van der Waals surface area contributed by atoms with Crippen LogP contribution < -0.4 is 0 Å². The van der Waals surface area contributed by atoms with Crippen LogP contribution in [0.3, 0.4) is 0 Å². The van der Waals surface area contributed by atoms with Crippen molar-refractivity contribution >= 4 is 28.4 Å². The molecule has 0 saturated carbocycles. The minimum Gasteiger partial charge on any atom is -0.339 e. The molecule has 3 heterocycles. The highest BCUT2D eigenvalue weighted by molar-refractivity contribution is 7.99. The number of carbonyl (C=O) groups excluding carboxylic acids is 1. The van der Waals surface area contributed by atoms with Crippen LogP contribution in [0.2, 0.25) is 0 Å². The van der Waals surface area contributed by atoms with Gasteiger partial charge in [0.1, 0.15) is 5.03 Å². The maximum atomic E-state index is 12.8. The number of benzene rings is 2. The zero-order valence-corrected chi connectivity index (χ0v) is 20.3. The summed E-state index contributed by atoms with van der Waals surface area (Å²) in [7, 11) is 0. The summed E-state index contributed by atoms with van der Waals surface area (Å²) in [5, 5.41) is 16.3. The number of hydrogen-bond donors (Lipinski definition) is 0. The van der Waals surface area contributed by atoms with Crippen LogP contribution in [0.5, 0.6) is 0 Å². The van der Waals surface area contributed by atoms with Crippen molar-refractivity contribution in [3.8, 4) is 5.82 Å². The molecule has 0 aliphatic carbocycles. The number of carbonyl (C=O) groups is 1. The van der Waals surface area contributed by atoms with Crippen LogP contribution in [0, 0.1) is 13.8 Å². The first-order valence-corrected chi connectivity index (χ1v) is 12.5. The Morgan fingerprint density at radius 2 is 1.74 bits per heavy atom. The van der Waals surface area contributed by atoms with Crippen LogP contribution in [0.25, 0.3) is 16.6 Å². The van der Waals surface area contributed by atoms with Gasteiger partial charge in [-0.05, 0) is 48.4 Å². The quantitative estimate of drug-likeness (QED) is 0.397. The Labute approximate surface area is 203 Å². The number of thioether (sulfide) groups is 1. The Bertz CT molecular complexity index is 1290. The van der Waals surface area contributed by atoms with E-state index in [9.17, 15) is 4.79 Å². The summed E-state index contributed by atoms with van der Waals surface area (Å²) in [5.74, 6) is 1.21. The Morgan fingerprint density at radius 1 is 0.941 bits per heavy atom. The summed E-state index contributed by atoms with van der Waals surface area (Å²) in [6, 6.07) is 20.8. The number of piperazine rings is 1. The number of hydrogen-bond acceptors (Lipinski definition) is 6. The van der Waals surface area contributed by atoms with Gasteiger partial charge >= 0.3 is 0 Å². The second-order valence-corrected chi connectivity index (χ2v) is 9.65. The molecule has 7 nitrogen and oxygen atoms in total. The lowest BCUT2D eigenvalue weighted by molar-refractivity contribution is -0.130. The first kappa shape index (κ1) is 22.6. The molecular weight excluding hydrogens is 444 g/mol. The Morgan fingerprint density at radius 3 is 2.47 bits per heavy atom. The molecule has 1 saturated heterocycles. The second kappa shape index (κ2) is 9.95. The van der Waals surface area contributed by atoms with Gasteiger partial charge in [0.2, 0.25) is 5.91 Å². The summed E-state index contributed by atoms with van der Waals surface area (Å²) in [5.41, 5.74) is 3.30. The maximum Gasteiger partial charge on any atom is 0.233 e. The van der Waals surface area contributed by atoms with Crippen molar-refractivity contribution in [2.75, 3.05) is 31.9 Å². The molecule has 0 N–H and O–H groups in total. The SMILES string of the molecule is Cc1cc(C)n(-c2ccc(SCC(=O)N3CCN(Cc4cccc5ccccc45)CC3)nn2)n1. The highest BCUT2D eigenvalue weighted by Crippen LogP contribution is 2.21. The largest absolute Gasteiger partial charge is 0.339 e. The molecular formula is C26H28N6OS. The lowest BCUT2D eigenvalue weighted by atomic mass is 10.0. The van der Waals surface area contributed by atoms with E-state index in [1.807, 2.05) is 36.9 Å². The Balaban J connectivity index is 1.12. The van der Waals surface area contributed by atoms with E-state index in [2.05, 4.69) is 62.7 Å². The van der Waals surface area contributed by atoms with Crippen LogP contribution in [0.1, 0.15) is 17.0 Å². The van der Waals surface area contributed by atoms with Crippen LogP contribution in [0.15, 0.2) is 65.7 Å². The van der Waals surface area contributed by atoms with Gasteiger partial charge < -0.3 is 4.90 Å². The highest BCUT2D eigenvalue weighted by Gasteiger charge is 2.21. The number of fused-ring (bicyclic) bond motifs is 1. The van der Waals surface area contributed by atoms with E-state index < -0.39 is 0 Å². The number of aryl methyl sites for hydroxylation is 2. The van der Waals surface area contributed by atoms with Gasteiger partial charge in [0, 0.05) is 38.4 Å². The minimum absolute atomic E-state index is 0.152. The van der Waals surface area contributed by atoms with Crippen LogP contribution in [-0.4, -0.2) is 67.6 Å². The summed E-state index contributed by atoms with van der Waals surface area (Å²) >= 11 is 1.43. The predicted octanol–water partition coefficient (Wildman–Crippen LogP) is 3.87. The summed E-state index contributed by atoms with van der Waals surface area (Å²) in [4.78, 5) is 17.2. The van der Waals surface area contributed by atoms with E-state index in [1.54, 1.807) is 4.68 Å². The third-order valence-electron chi connectivity index (χ3n) is 6.20. The molecule has 1 aliphatic heterocycles. The first-order chi connectivity index (χ1) is 16.6. The first-order valence-electron chi connectivity index (χ1n) is 11.5. The van der Waals surface area contributed by atoms with Crippen molar-refractivity contribution < 1.29 is 4.79 Å². The van der Waals surface area contributed by atoms with Gasteiger partial charge in [0.25, 0.3) is 0 Å². The fraction of sp³-hybridized carbons (Fsp3) is 0.308. The molecule has 0 spiro atoms. The molecule has 1 aliphatic rings. The molecule has 174 valence electrons. The number of amides is 1. The van der Waals surface area contributed by atoms with Gasteiger partial charge in [0.15, 0.2) is 5.82 Å². The van der Waals surface area contributed by atoms with Crippen molar-refractivity contribution in [2.24, 2.45) is 0 Å². The monoisotopic (exact) mass is 472 g/mol. The van der Waals surface area contributed by atoms with E-state index in [0.717, 1.165) is 49.1 Å². The van der Waals surface area contributed by atoms with Gasteiger partial charge in [-0.1, -0.05) is 54.2 Å². The molecule has 4 aromatic rings. The predicted molar refractivity (Wildman–Crippen MR) is 135 cm³/mol. The summed E-state index contributed by atoms with van der Waals surface area (Å²) < 4.78 is 1.78. The van der Waals surface area contributed by atoms with Gasteiger partial charge in [-0.2, -0.15) is 5.10 Å². The number of nitrogens with zero attached hydrogens (tertiary/aromatic N) is 6. The average Bonchev–Trinajstić information content (AvgIpc) is 3.21. The second-order valence-electron chi connectivity index (χ2n) is 8.65. The molecule has 0 radical (unpaired) electrons. The molecule has 8 heteroatoms. The molecule has 2 aromatic heterocycles. The van der Waals surface area contributed by atoms with Crippen molar-refractivity contribution in [1.29, 1.82) is 0 Å². The van der Waals surface area contributed by atoms with Crippen molar-refractivity contribution in [1.82, 2.24) is 29.8 Å². The lowest BCUT2D eigenvalue weighted by Crippen LogP contribution is -2.48. The van der Waals surface area contributed by atoms with E-state index in [0.29, 0.717) is 11.6 Å². The molecule has 34 heavy (non-hydrogen) atoms. The zero-order valence-electron chi connectivity index (χ0n) is 19.5. The number of rotatable bonds is 6. The molecule has 0 unspecified atom stereocenters. The van der Waals surface area contributed by atoms with Crippen molar-refractivity contribution in [2.45, 2.75) is 25.4 Å². The normalized spacial score (nSPS) is 14.6. The van der Waals surface area contributed by atoms with Crippen LogP contribution in [-0.2, 0) is 11.3 Å². The van der Waals surface area contributed by atoms with Gasteiger partial charge in [-0.3, -0.25) is 9.69 Å². The molecule has 0 bridgehead atoms. The topological polar surface area (TPSA) is 67.2 Å². The third kappa shape index (κ3) is 4.98. The highest BCUT2D eigenvalue weighted by atomic mass is 32.2. The fourth-order valence-electron chi connectivity index (χ4n) is 4.42. The van der Waals surface area contributed by atoms with E-state index in [4.69, 9.17) is 0 Å². The van der Waals surface area contributed by atoms with Crippen molar-refractivity contribution in [3.63, 3.8) is 0 Å². The summed E-state index contributed by atoms with van der Waals surface area (Å²) in [6.45, 7) is 8.14. The van der Waals surface area contributed by atoms with E-state index in [-0.39, 0.29) is 5.91 Å². The van der Waals surface area contributed by atoms with E-state index >= 15 is 0 Å². The molecule has 0 atom stereocenters. The molecule has 5 rings (SSSR count). The van der Waals surface area contributed by atoms with Gasteiger partial charge in [-0.25, -0.2) is 4.68 Å². The zero-order chi connectivity index (χ0) is 23.5. The summed E-state index contributed by atoms with van der Waals surface area (Å²) in [6.07, 6.45) is 0.